The van der Waals surface area contributed by atoms with E-state index in [9.17, 15) is 4.79 Å². The van der Waals surface area contributed by atoms with Crippen molar-refractivity contribution in [2.45, 2.75) is 13.3 Å². The number of allylic oxidation sites excluding steroid dienone is 1. The van der Waals surface area contributed by atoms with Gasteiger partial charge in [-0.3, -0.25) is 4.79 Å². The Morgan fingerprint density at radius 3 is 2.57 bits per heavy atom. The second-order valence-corrected chi connectivity index (χ2v) is 3.40. The molecule has 0 amide bonds. The van der Waals surface area contributed by atoms with Gasteiger partial charge in [-0.25, -0.2) is 0 Å². The maximum absolute atomic E-state index is 11.3. The van der Waals surface area contributed by atoms with Crippen LogP contribution < -0.4 is 0 Å². The third kappa shape index (κ3) is 5.35. The maximum Gasteiger partial charge on any atom is 0.314 e. The second kappa shape index (κ2) is 6.18. The summed E-state index contributed by atoms with van der Waals surface area (Å²) in [6, 6.07) is 0. The van der Waals surface area contributed by atoms with Gasteiger partial charge in [0.25, 0.3) is 0 Å². The minimum atomic E-state index is -0.333. The van der Waals surface area contributed by atoms with Crippen molar-refractivity contribution in [3.63, 3.8) is 0 Å². The van der Waals surface area contributed by atoms with Crippen molar-refractivity contribution in [3.05, 3.63) is 12.2 Å². The molecule has 1 unspecified atom stereocenters. The molecule has 0 radical (unpaired) electrons. The first-order chi connectivity index (χ1) is 6.47. The summed E-state index contributed by atoms with van der Waals surface area (Å²) >= 11 is 0. The van der Waals surface area contributed by atoms with Crippen molar-refractivity contribution < 1.29 is 9.53 Å². The van der Waals surface area contributed by atoms with Gasteiger partial charge in [0.05, 0.1) is 13.0 Å². The Bertz CT molecular complexity index is 234. The first-order valence-corrected chi connectivity index (χ1v) is 4.41. The van der Waals surface area contributed by atoms with Gasteiger partial charge in [0, 0.05) is 20.3 Å². The molecule has 0 aliphatic rings. The number of hydrogen-bond donors (Lipinski definition) is 0. The number of methoxy groups -OCH3 is 1. The predicted molar refractivity (Wildman–Crippen MR) is 57.1 cm³/mol. The van der Waals surface area contributed by atoms with Crippen LogP contribution in [-0.4, -0.2) is 38.4 Å². The standard InChI is InChI=1S/C10H18N2O2/c1-8(2)6-9(10(13)14-5)7-11-12(3)4/h7,9H,1,6H2,2-5H3/b11-7+. The van der Waals surface area contributed by atoms with Crippen molar-refractivity contribution in [2.75, 3.05) is 21.2 Å². The summed E-state index contributed by atoms with van der Waals surface area (Å²) in [6.45, 7) is 5.63. The summed E-state index contributed by atoms with van der Waals surface area (Å²) in [5.41, 5.74) is 0.936. The van der Waals surface area contributed by atoms with Gasteiger partial charge < -0.3 is 9.75 Å². The highest BCUT2D eigenvalue weighted by Crippen LogP contribution is 2.09. The highest BCUT2D eigenvalue weighted by atomic mass is 16.5. The van der Waals surface area contributed by atoms with Crippen LogP contribution in [0.25, 0.3) is 0 Å². The molecule has 4 nitrogen and oxygen atoms in total. The molecule has 0 heterocycles. The van der Waals surface area contributed by atoms with Crippen LogP contribution >= 0.6 is 0 Å². The summed E-state index contributed by atoms with van der Waals surface area (Å²) < 4.78 is 4.66. The number of nitrogens with zero attached hydrogens (tertiary/aromatic N) is 2. The zero-order valence-electron chi connectivity index (χ0n) is 9.28. The van der Waals surface area contributed by atoms with Crippen molar-refractivity contribution in [1.82, 2.24) is 5.01 Å². The molecule has 0 aromatic rings. The molecular weight excluding hydrogens is 180 g/mol. The van der Waals surface area contributed by atoms with Gasteiger partial charge in [-0.05, 0) is 13.3 Å². The van der Waals surface area contributed by atoms with E-state index >= 15 is 0 Å². The lowest BCUT2D eigenvalue weighted by molar-refractivity contribution is -0.142. The molecule has 80 valence electrons. The Labute approximate surface area is 85.2 Å². The van der Waals surface area contributed by atoms with Crippen LogP contribution in [0.3, 0.4) is 0 Å². The molecule has 14 heavy (non-hydrogen) atoms. The molecule has 0 saturated heterocycles. The van der Waals surface area contributed by atoms with E-state index in [-0.39, 0.29) is 11.9 Å². The fraction of sp³-hybridized carbons (Fsp3) is 0.600. The van der Waals surface area contributed by atoms with E-state index in [0.29, 0.717) is 6.42 Å². The minimum Gasteiger partial charge on any atom is -0.469 e. The van der Waals surface area contributed by atoms with E-state index in [2.05, 4.69) is 16.4 Å². The number of carbonyl (C=O) groups excluding carboxylic acids is 1. The fourth-order valence-corrected chi connectivity index (χ4v) is 0.937. The Morgan fingerprint density at radius 1 is 1.64 bits per heavy atom. The summed E-state index contributed by atoms with van der Waals surface area (Å²) in [7, 11) is 4.97. The molecule has 0 bridgehead atoms. The van der Waals surface area contributed by atoms with E-state index in [0.717, 1.165) is 5.57 Å². The Hall–Kier alpha value is -1.32. The molecule has 4 heteroatoms. The third-order valence-corrected chi connectivity index (χ3v) is 1.55. The molecule has 0 aromatic heterocycles. The van der Waals surface area contributed by atoms with Crippen LogP contribution in [-0.2, 0) is 9.53 Å². The topological polar surface area (TPSA) is 41.9 Å². The Kier molecular flexibility index (Phi) is 5.60. The average Bonchev–Trinajstić information content (AvgIpc) is 2.10. The van der Waals surface area contributed by atoms with Crippen LogP contribution in [0, 0.1) is 5.92 Å². The lowest BCUT2D eigenvalue weighted by Crippen LogP contribution is -2.19. The molecule has 0 rings (SSSR count). The van der Waals surface area contributed by atoms with Gasteiger partial charge in [0.2, 0.25) is 0 Å². The SMILES string of the molecule is C=C(C)CC(/C=N/N(C)C)C(=O)OC. The van der Waals surface area contributed by atoms with Gasteiger partial charge in [0.15, 0.2) is 0 Å². The van der Waals surface area contributed by atoms with E-state index in [4.69, 9.17) is 0 Å². The number of esters is 1. The van der Waals surface area contributed by atoms with Gasteiger partial charge in [-0.2, -0.15) is 5.10 Å². The second-order valence-electron chi connectivity index (χ2n) is 3.40. The number of ether oxygens (including phenoxy) is 1. The third-order valence-electron chi connectivity index (χ3n) is 1.55. The highest BCUT2D eigenvalue weighted by molar-refractivity contribution is 5.89. The number of hydrogen-bond acceptors (Lipinski definition) is 4. The van der Waals surface area contributed by atoms with E-state index < -0.39 is 0 Å². The van der Waals surface area contributed by atoms with Crippen molar-refractivity contribution in [1.29, 1.82) is 0 Å². The van der Waals surface area contributed by atoms with E-state index in [1.54, 1.807) is 25.3 Å². The van der Waals surface area contributed by atoms with Crippen LogP contribution in [0.15, 0.2) is 17.3 Å². The summed E-state index contributed by atoms with van der Waals surface area (Å²) in [4.78, 5) is 11.3. The number of rotatable bonds is 5. The van der Waals surface area contributed by atoms with Gasteiger partial charge >= 0.3 is 5.97 Å². The molecule has 0 aliphatic heterocycles. The van der Waals surface area contributed by atoms with Gasteiger partial charge in [0.1, 0.15) is 0 Å². The monoisotopic (exact) mass is 198 g/mol. The number of carbonyl (C=O) groups is 1. The van der Waals surface area contributed by atoms with Crippen LogP contribution in [0.2, 0.25) is 0 Å². The van der Waals surface area contributed by atoms with Crippen LogP contribution in [0.4, 0.5) is 0 Å². The maximum atomic E-state index is 11.3. The first-order valence-electron chi connectivity index (χ1n) is 4.41. The number of hydrazone groups is 1. The quantitative estimate of drug-likeness (QED) is 0.289. The molecule has 0 fully saturated rings. The minimum absolute atomic E-state index is 0.279. The van der Waals surface area contributed by atoms with Crippen molar-refractivity contribution in [2.24, 2.45) is 11.0 Å². The largest absolute Gasteiger partial charge is 0.469 e. The van der Waals surface area contributed by atoms with Crippen molar-refractivity contribution in [3.8, 4) is 0 Å². The zero-order valence-corrected chi connectivity index (χ0v) is 9.28. The van der Waals surface area contributed by atoms with Gasteiger partial charge in [-0.15, -0.1) is 6.58 Å². The predicted octanol–water partition coefficient (Wildman–Crippen LogP) is 1.29. The molecule has 0 aromatic carbocycles. The molecule has 0 aliphatic carbocycles. The summed E-state index contributed by atoms with van der Waals surface area (Å²) in [5.74, 6) is -0.612. The Balaban J connectivity index is 4.39. The molecule has 0 spiro atoms. The highest BCUT2D eigenvalue weighted by Gasteiger charge is 2.16. The molecule has 1 atom stereocenters. The molecular formula is C10H18N2O2. The summed E-state index contributed by atoms with van der Waals surface area (Å²) in [5, 5.41) is 5.65. The van der Waals surface area contributed by atoms with E-state index in [1.165, 1.54) is 7.11 Å². The van der Waals surface area contributed by atoms with Crippen molar-refractivity contribution >= 4 is 12.2 Å². The fourth-order valence-electron chi connectivity index (χ4n) is 0.937. The lowest BCUT2D eigenvalue weighted by Gasteiger charge is -2.10. The van der Waals surface area contributed by atoms with E-state index in [1.807, 2.05) is 6.92 Å². The lowest BCUT2D eigenvalue weighted by atomic mass is 10.0. The smallest absolute Gasteiger partial charge is 0.314 e. The summed E-state index contributed by atoms with van der Waals surface area (Å²) in [6.07, 6.45) is 2.16. The Morgan fingerprint density at radius 2 is 2.21 bits per heavy atom. The van der Waals surface area contributed by atoms with Crippen LogP contribution in [0.1, 0.15) is 13.3 Å². The molecule has 0 N–H and O–H groups in total. The van der Waals surface area contributed by atoms with Crippen LogP contribution in [0.5, 0.6) is 0 Å². The van der Waals surface area contributed by atoms with Gasteiger partial charge in [-0.1, -0.05) is 5.57 Å². The molecule has 0 saturated carbocycles. The zero-order chi connectivity index (χ0) is 11.1. The first kappa shape index (κ1) is 12.7. The normalized spacial score (nSPS) is 12.6. The average molecular weight is 198 g/mol.